The molecule has 0 aliphatic carbocycles. The standard InChI is InChI=1S/C30H31N5O4/c1-30(2,3)28-27-23(11-14-35(28)29(37)38)22-9-8-20(15-24(22)32(27)4)34-13-10-21(16-26(34)36)39-18-19-17-33-12-6-5-7-25(33)31-19/h5-10,12-13,15-17,28H,11,14,18H2,1-4H3,(H,37,38). The molecule has 6 rings (SSSR count). The van der Waals surface area contributed by atoms with Gasteiger partial charge in [0.05, 0.1) is 22.9 Å². The summed E-state index contributed by atoms with van der Waals surface area (Å²) in [4.78, 5) is 31.3. The molecule has 9 nitrogen and oxygen atoms in total. The van der Waals surface area contributed by atoms with Crippen LogP contribution in [0.5, 0.6) is 5.75 Å². The molecular weight excluding hydrogens is 494 g/mol. The van der Waals surface area contributed by atoms with Gasteiger partial charge in [-0.3, -0.25) is 14.3 Å². The average Bonchev–Trinajstić information content (AvgIpc) is 3.44. The zero-order valence-electron chi connectivity index (χ0n) is 22.5. The molecule has 0 saturated heterocycles. The van der Waals surface area contributed by atoms with Gasteiger partial charge in [0.1, 0.15) is 18.0 Å². The quantitative estimate of drug-likeness (QED) is 0.349. The summed E-state index contributed by atoms with van der Waals surface area (Å²) in [5, 5.41) is 11.0. The predicted molar refractivity (Wildman–Crippen MR) is 149 cm³/mol. The molecule has 39 heavy (non-hydrogen) atoms. The third kappa shape index (κ3) is 4.24. The largest absolute Gasteiger partial charge is 0.487 e. The molecule has 0 saturated carbocycles. The summed E-state index contributed by atoms with van der Waals surface area (Å²) in [6, 6.07) is 14.8. The lowest BCUT2D eigenvalue weighted by Gasteiger charge is -2.42. The lowest BCUT2D eigenvalue weighted by Crippen LogP contribution is -2.45. The Morgan fingerprint density at radius 3 is 2.67 bits per heavy atom. The smallest absolute Gasteiger partial charge is 0.407 e. The molecule has 1 aromatic carbocycles. The third-order valence-corrected chi connectivity index (χ3v) is 7.55. The van der Waals surface area contributed by atoms with Crippen LogP contribution in [0.4, 0.5) is 4.79 Å². The van der Waals surface area contributed by atoms with Crippen molar-refractivity contribution in [2.75, 3.05) is 6.54 Å². The van der Waals surface area contributed by atoms with Crippen LogP contribution in [0, 0.1) is 5.41 Å². The van der Waals surface area contributed by atoms with Crippen LogP contribution in [0.3, 0.4) is 0 Å². The van der Waals surface area contributed by atoms with Crippen molar-refractivity contribution in [2.24, 2.45) is 12.5 Å². The van der Waals surface area contributed by atoms with E-state index in [9.17, 15) is 14.7 Å². The summed E-state index contributed by atoms with van der Waals surface area (Å²) in [5.41, 5.74) is 5.04. The van der Waals surface area contributed by atoms with Crippen molar-refractivity contribution in [1.29, 1.82) is 0 Å². The van der Waals surface area contributed by atoms with Gasteiger partial charge in [-0.25, -0.2) is 9.78 Å². The van der Waals surface area contributed by atoms with Crippen molar-refractivity contribution >= 4 is 22.6 Å². The summed E-state index contributed by atoms with van der Waals surface area (Å²) in [6.07, 6.45) is 5.31. The first-order valence-corrected chi connectivity index (χ1v) is 13.0. The van der Waals surface area contributed by atoms with Gasteiger partial charge in [0.25, 0.3) is 5.56 Å². The summed E-state index contributed by atoms with van der Waals surface area (Å²) < 4.78 is 11.5. The first-order valence-electron chi connectivity index (χ1n) is 13.0. The number of rotatable bonds is 4. The van der Waals surface area contributed by atoms with Crippen molar-refractivity contribution < 1.29 is 14.6 Å². The Balaban J connectivity index is 1.31. The van der Waals surface area contributed by atoms with Gasteiger partial charge in [-0.1, -0.05) is 32.9 Å². The monoisotopic (exact) mass is 525 g/mol. The van der Waals surface area contributed by atoms with Crippen molar-refractivity contribution in [3.05, 3.63) is 94.4 Å². The SMILES string of the molecule is Cn1c2c(c3ccc(-n4ccc(OCc5cn6ccccc6n5)cc4=O)cc31)CCN(C(=O)O)C2C(C)(C)C. The molecule has 1 atom stereocenters. The summed E-state index contributed by atoms with van der Waals surface area (Å²) in [5.74, 6) is 0.477. The molecule has 0 bridgehead atoms. The maximum atomic E-state index is 13.1. The van der Waals surface area contributed by atoms with Gasteiger partial charge in [-0.05, 0) is 47.7 Å². The van der Waals surface area contributed by atoms with E-state index in [1.165, 1.54) is 11.6 Å². The lowest BCUT2D eigenvalue weighted by molar-refractivity contribution is 0.0725. The second-order valence-corrected chi connectivity index (χ2v) is 11.2. The molecule has 0 fully saturated rings. The highest BCUT2D eigenvalue weighted by Crippen LogP contribution is 2.45. The first kappa shape index (κ1) is 24.8. The molecule has 4 aromatic heterocycles. The number of carboxylic acid groups (broad SMARTS) is 1. The zero-order chi connectivity index (χ0) is 27.5. The van der Waals surface area contributed by atoms with Gasteiger partial charge < -0.3 is 18.8 Å². The highest BCUT2D eigenvalue weighted by atomic mass is 16.5. The number of carbonyl (C=O) groups is 1. The van der Waals surface area contributed by atoms with E-state index < -0.39 is 6.09 Å². The predicted octanol–water partition coefficient (Wildman–Crippen LogP) is 5.18. The number of hydrogen-bond donors (Lipinski definition) is 1. The number of nitrogens with zero attached hydrogens (tertiary/aromatic N) is 5. The van der Waals surface area contributed by atoms with Crippen molar-refractivity contribution in [3.8, 4) is 11.4 Å². The van der Waals surface area contributed by atoms with Crippen molar-refractivity contribution in [3.63, 3.8) is 0 Å². The van der Waals surface area contributed by atoms with Crippen LogP contribution in [0.2, 0.25) is 0 Å². The molecule has 200 valence electrons. The summed E-state index contributed by atoms with van der Waals surface area (Å²) in [7, 11) is 1.98. The van der Waals surface area contributed by atoms with Gasteiger partial charge in [-0.15, -0.1) is 0 Å². The lowest BCUT2D eigenvalue weighted by atomic mass is 9.80. The molecule has 0 radical (unpaired) electrons. The molecular formula is C30H31N5O4. The molecule has 9 heteroatoms. The van der Waals surface area contributed by atoms with Crippen LogP contribution in [0.15, 0.2) is 71.9 Å². The van der Waals surface area contributed by atoms with Gasteiger partial charge in [-0.2, -0.15) is 0 Å². The Bertz CT molecular complexity index is 1760. The van der Waals surface area contributed by atoms with Crippen LogP contribution in [0.25, 0.3) is 22.2 Å². The summed E-state index contributed by atoms with van der Waals surface area (Å²) >= 11 is 0. The Labute approximate surface area is 225 Å². The van der Waals surface area contributed by atoms with E-state index in [2.05, 4.69) is 30.3 Å². The minimum absolute atomic E-state index is 0.203. The first-order chi connectivity index (χ1) is 18.6. The molecule has 1 unspecified atom stereocenters. The molecule has 1 aliphatic rings. The Morgan fingerprint density at radius 2 is 1.95 bits per heavy atom. The number of fused-ring (bicyclic) bond motifs is 4. The average molecular weight is 526 g/mol. The minimum atomic E-state index is -0.901. The molecule has 5 heterocycles. The molecule has 1 N–H and O–H groups in total. The molecule has 1 amide bonds. The number of imidazole rings is 1. The highest BCUT2D eigenvalue weighted by Gasteiger charge is 2.41. The second-order valence-electron chi connectivity index (χ2n) is 11.2. The van der Waals surface area contributed by atoms with E-state index in [-0.39, 0.29) is 23.6 Å². The Kier molecular flexibility index (Phi) is 5.75. The van der Waals surface area contributed by atoms with Crippen molar-refractivity contribution in [1.82, 2.24) is 23.4 Å². The number of hydrogen-bond acceptors (Lipinski definition) is 4. The zero-order valence-corrected chi connectivity index (χ0v) is 22.5. The Hall–Kier alpha value is -4.53. The fourth-order valence-electron chi connectivity index (χ4n) is 5.85. The van der Waals surface area contributed by atoms with Crippen LogP contribution >= 0.6 is 0 Å². The maximum Gasteiger partial charge on any atom is 0.407 e. The normalized spacial score (nSPS) is 15.6. The van der Waals surface area contributed by atoms with Crippen LogP contribution in [-0.2, 0) is 20.1 Å². The number of amides is 1. The van der Waals surface area contributed by atoms with Gasteiger partial charge in [0.2, 0.25) is 0 Å². The minimum Gasteiger partial charge on any atom is -0.487 e. The third-order valence-electron chi connectivity index (χ3n) is 7.55. The Morgan fingerprint density at radius 1 is 1.13 bits per heavy atom. The van der Waals surface area contributed by atoms with E-state index in [0.717, 1.165) is 33.6 Å². The van der Waals surface area contributed by atoms with Crippen LogP contribution in [0.1, 0.15) is 43.8 Å². The molecule has 1 aliphatic heterocycles. The summed E-state index contributed by atoms with van der Waals surface area (Å²) in [6.45, 7) is 6.94. The van der Waals surface area contributed by atoms with Gasteiger partial charge >= 0.3 is 6.09 Å². The van der Waals surface area contributed by atoms with Crippen LogP contribution in [-0.4, -0.2) is 41.2 Å². The van der Waals surface area contributed by atoms with E-state index in [1.807, 2.05) is 60.2 Å². The van der Waals surface area contributed by atoms with Crippen LogP contribution < -0.4 is 10.3 Å². The van der Waals surface area contributed by atoms with E-state index in [1.54, 1.807) is 21.7 Å². The highest BCUT2D eigenvalue weighted by molar-refractivity contribution is 5.88. The maximum absolute atomic E-state index is 13.1. The van der Waals surface area contributed by atoms with E-state index in [0.29, 0.717) is 18.7 Å². The second kappa shape index (κ2) is 9.04. The number of aryl methyl sites for hydroxylation is 1. The number of aromatic nitrogens is 4. The number of ether oxygens (including phenoxy) is 1. The molecule has 5 aromatic rings. The van der Waals surface area contributed by atoms with E-state index in [4.69, 9.17) is 4.74 Å². The molecule has 0 spiro atoms. The van der Waals surface area contributed by atoms with Gasteiger partial charge in [0.15, 0.2) is 0 Å². The fourth-order valence-corrected chi connectivity index (χ4v) is 5.85. The number of benzene rings is 1. The van der Waals surface area contributed by atoms with Crippen molar-refractivity contribution in [2.45, 2.75) is 39.8 Å². The fraction of sp³-hybridized carbons (Fsp3) is 0.300. The topological polar surface area (TPSA) is 94.0 Å². The van der Waals surface area contributed by atoms with E-state index >= 15 is 0 Å². The van der Waals surface area contributed by atoms with Gasteiger partial charge in [0, 0.05) is 49.3 Å². The number of pyridine rings is 2.